The summed E-state index contributed by atoms with van der Waals surface area (Å²) in [7, 11) is 3.75. The van der Waals surface area contributed by atoms with Gasteiger partial charge in [-0.1, -0.05) is 24.1 Å². The fourth-order valence-electron chi connectivity index (χ4n) is 3.11. The molecule has 0 bridgehead atoms. The molecule has 5 nitrogen and oxygen atoms in total. The van der Waals surface area contributed by atoms with Gasteiger partial charge in [-0.2, -0.15) is 0 Å². The molecule has 1 aromatic carbocycles. The van der Waals surface area contributed by atoms with Crippen LogP contribution in [0, 0.1) is 5.92 Å². The van der Waals surface area contributed by atoms with Gasteiger partial charge in [0.05, 0.1) is 12.7 Å². The van der Waals surface area contributed by atoms with Crippen molar-refractivity contribution in [3.63, 3.8) is 0 Å². The van der Waals surface area contributed by atoms with E-state index in [0.717, 1.165) is 19.0 Å². The zero-order valence-electron chi connectivity index (χ0n) is 12.9. The molecule has 0 saturated heterocycles. The fraction of sp³-hybridized carbons (Fsp3) is 0.562. The van der Waals surface area contributed by atoms with Gasteiger partial charge < -0.3 is 20.6 Å². The molecule has 1 saturated carbocycles. The van der Waals surface area contributed by atoms with Crippen LogP contribution in [-0.4, -0.2) is 36.6 Å². The predicted octanol–water partition coefficient (Wildman–Crippen LogP) is 2.41. The Bertz CT molecular complexity index is 496. The highest BCUT2D eigenvalue weighted by Crippen LogP contribution is 2.26. The Kier molecular flexibility index (Phi) is 5.44. The van der Waals surface area contributed by atoms with Gasteiger partial charge in [0, 0.05) is 13.1 Å². The van der Waals surface area contributed by atoms with E-state index in [9.17, 15) is 0 Å². The van der Waals surface area contributed by atoms with Gasteiger partial charge in [-0.05, 0) is 43.5 Å². The van der Waals surface area contributed by atoms with Crippen molar-refractivity contribution >= 4 is 5.84 Å². The quantitative estimate of drug-likeness (QED) is 0.365. The van der Waals surface area contributed by atoms with Crippen LogP contribution in [0.15, 0.2) is 23.4 Å². The average molecular weight is 291 g/mol. The standard InChI is InChI=1S/C16H25N3O2/c1-19(10-12-5-3-4-6-12)11-13-7-8-14(16(17)18-20)15(9-13)21-2/h7-9,12,20H,3-6,10-11H2,1-2H3,(H2,17,18). The van der Waals surface area contributed by atoms with Crippen LogP contribution >= 0.6 is 0 Å². The maximum absolute atomic E-state index is 8.78. The molecule has 0 aliphatic heterocycles. The Morgan fingerprint density at radius 2 is 2.14 bits per heavy atom. The van der Waals surface area contributed by atoms with Gasteiger partial charge in [0.2, 0.25) is 0 Å². The van der Waals surface area contributed by atoms with Crippen molar-refractivity contribution in [1.82, 2.24) is 4.90 Å². The number of methoxy groups -OCH3 is 1. The predicted molar refractivity (Wildman–Crippen MR) is 83.8 cm³/mol. The number of rotatable bonds is 6. The van der Waals surface area contributed by atoms with Crippen LogP contribution in [0.5, 0.6) is 5.75 Å². The van der Waals surface area contributed by atoms with Crippen molar-refractivity contribution in [3.8, 4) is 5.75 Å². The first-order valence-corrected chi connectivity index (χ1v) is 7.47. The molecule has 0 spiro atoms. The number of nitrogens with zero attached hydrogens (tertiary/aromatic N) is 2. The molecule has 0 radical (unpaired) electrons. The summed E-state index contributed by atoms with van der Waals surface area (Å²) in [6.07, 6.45) is 5.47. The summed E-state index contributed by atoms with van der Waals surface area (Å²) in [6.45, 7) is 2.02. The van der Waals surface area contributed by atoms with E-state index in [4.69, 9.17) is 15.7 Å². The van der Waals surface area contributed by atoms with Crippen LogP contribution < -0.4 is 10.5 Å². The molecular weight excluding hydrogens is 266 g/mol. The molecule has 0 aromatic heterocycles. The molecule has 1 aliphatic carbocycles. The van der Waals surface area contributed by atoms with Crippen LogP contribution in [-0.2, 0) is 6.54 Å². The largest absolute Gasteiger partial charge is 0.496 e. The second-order valence-electron chi connectivity index (χ2n) is 5.87. The minimum atomic E-state index is 0.0673. The lowest BCUT2D eigenvalue weighted by atomic mass is 10.1. The first-order chi connectivity index (χ1) is 10.1. The van der Waals surface area contributed by atoms with Gasteiger partial charge in [0.1, 0.15) is 5.75 Å². The van der Waals surface area contributed by atoms with Gasteiger partial charge in [0.25, 0.3) is 0 Å². The fourth-order valence-corrected chi connectivity index (χ4v) is 3.11. The molecule has 0 heterocycles. The summed E-state index contributed by atoms with van der Waals surface area (Å²) in [5.41, 5.74) is 7.42. The van der Waals surface area contributed by atoms with Crippen molar-refractivity contribution in [3.05, 3.63) is 29.3 Å². The number of nitrogens with two attached hydrogens (primary N) is 1. The molecule has 1 aromatic rings. The molecule has 116 valence electrons. The molecular formula is C16H25N3O2. The van der Waals surface area contributed by atoms with E-state index in [1.165, 1.54) is 31.2 Å². The van der Waals surface area contributed by atoms with Crippen molar-refractivity contribution in [2.24, 2.45) is 16.8 Å². The summed E-state index contributed by atoms with van der Waals surface area (Å²) in [4.78, 5) is 2.36. The van der Waals surface area contributed by atoms with Crippen LogP contribution in [0.25, 0.3) is 0 Å². The van der Waals surface area contributed by atoms with Crippen LogP contribution in [0.2, 0.25) is 0 Å². The maximum atomic E-state index is 8.78. The van der Waals surface area contributed by atoms with E-state index in [-0.39, 0.29) is 5.84 Å². The van der Waals surface area contributed by atoms with Gasteiger partial charge in [-0.25, -0.2) is 0 Å². The van der Waals surface area contributed by atoms with Crippen LogP contribution in [0.3, 0.4) is 0 Å². The third kappa shape index (κ3) is 4.11. The minimum Gasteiger partial charge on any atom is -0.496 e. The molecule has 0 amide bonds. The zero-order valence-corrected chi connectivity index (χ0v) is 12.9. The number of hydrogen-bond donors (Lipinski definition) is 2. The van der Waals surface area contributed by atoms with Crippen molar-refractivity contribution in [2.75, 3.05) is 20.7 Å². The summed E-state index contributed by atoms with van der Waals surface area (Å²) in [5, 5.41) is 11.8. The first kappa shape index (κ1) is 15.6. The summed E-state index contributed by atoms with van der Waals surface area (Å²) >= 11 is 0. The molecule has 21 heavy (non-hydrogen) atoms. The van der Waals surface area contributed by atoms with Crippen molar-refractivity contribution in [1.29, 1.82) is 0 Å². The molecule has 0 unspecified atom stereocenters. The van der Waals surface area contributed by atoms with Crippen molar-refractivity contribution < 1.29 is 9.94 Å². The van der Waals surface area contributed by atoms with Gasteiger partial charge in [0.15, 0.2) is 5.84 Å². The second-order valence-corrected chi connectivity index (χ2v) is 5.87. The summed E-state index contributed by atoms with van der Waals surface area (Å²) < 4.78 is 5.33. The van der Waals surface area contributed by atoms with E-state index in [2.05, 4.69) is 17.1 Å². The van der Waals surface area contributed by atoms with E-state index in [0.29, 0.717) is 11.3 Å². The topological polar surface area (TPSA) is 71.1 Å². The van der Waals surface area contributed by atoms with E-state index in [1.807, 2.05) is 18.2 Å². The summed E-state index contributed by atoms with van der Waals surface area (Å²) in [6, 6.07) is 5.80. The number of ether oxygens (including phenoxy) is 1. The van der Waals surface area contributed by atoms with E-state index in [1.54, 1.807) is 7.11 Å². The van der Waals surface area contributed by atoms with Gasteiger partial charge in [-0.3, -0.25) is 0 Å². The SMILES string of the molecule is COc1cc(CN(C)CC2CCCC2)ccc1/C(N)=N/O. The average Bonchev–Trinajstić information content (AvgIpc) is 2.99. The lowest BCUT2D eigenvalue weighted by molar-refractivity contribution is 0.271. The molecule has 1 aliphatic rings. The first-order valence-electron chi connectivity index (χ1n) is 7.47. The Morgan fingerprint density at radius 1 is 1.43 bits per heavy atom. The molecule has 3 N–H and O–H groups in total. The van der Waals surface area contributed by atoms with Crippen molar-refractivity contribution in [2.45, 2.75) is 32.2 Å². The zero-order chi connectivity index (χ0) is 15.2. The smallest absolute Gasteiger partial charge is 0.173 e. The van der Waals surface area contributed by atoms with Crippen LogP contribution in [0.1, 0.15) is 36.8 Å². The molecule has 5 heteroatoms. The highest BCUT2D eigenvalue weighted by atomic mass is 16.5. The number of benzene rings is 1. The minimum absolute atomic E-state index is 0.0673. The lowest BCUT2D eigenvalue weighted by Crippen LogP contribution is -2.24. The monoisotopic (exact) mass is 291 g/mol. The maximum Gasteiger partial charge on any atom is 0.173 e. The molecule has 0 atom stereocenters. The van der Waals surface area contributed by atoms with Gasteiger partial charge in [-0.15, -0.1) is 0 Å². The lowest BCUT2D eigenvalue weighted by Gasteiger charge is -2.21. The normalized spacial score (nSPS) is 16.6. The van der Waals surface area contributed by atoms with E-state index >= 15 is 0 Å². The number of amidine groups is 1. The van der Waals surface area contributed by atoms with E-state index < -0.39 is 0 Å². The Balaban J connectivity index is 2.02. The Hall–Kier alpha value is -1.75. The highest BCUT2D eigenvalue weighted by molar-refractivity contribution is 5.99. The Morgan fingerprint density at radius 3 is 2.76 bits per heavy atom. The summed E-state index contributed by atoms with van der Waals surface area (Å²) in [5.74, 6) is 1.54. The number of hydrogen-bond acceptors (Lipinski definition) is 4. The molecule has 1 fully saturated rings. The third-order valence-electron chi connectivity index (χ3n) is 4.15. The second kappa shape index (κ2) is 7.31. The van der Waals surface area contributed by atoms with Crippen LogP contribution in [0.4, 0.5) is 0 Å². The third-order valence-corrected chi connectivity index (χ3v) is 4.15. The Labute approximate surface area is 126 Å². The highest BCUT2D eigenvalue weighted by Gasteiger charge is 2.17. The molecule has 2 rings (SSSR count). The van der Waals surface area contributed by atoms with Gasteiger partial charge >= 0.3 is 0 Å². The number of oxime groups is 1.